The van der Waals surface area contributed by atoms with Crippen molar-refractivity contribution in [2.45, 2.75) is 44.8 Å². The fourth-order valence-electron chi connectivity index (χ4n) is 1.40. The van der Waals surface area contributed by atoms with Crippen molar-refractivity contribution in [2.24, 2.45) is 0 Å². The first-order valence-electron chi connectivity index (χ1n) is 5.36. The summed E-state index contributed by atoms with van der Waals surface area (Å²) in [6.45, 7) is 5.96. The first kappa shape index (κ1) is 13.7. The van der Waals surface area contributed by atoms with Gasteiger partial charge in [-0.15, -0.1) is 0 Å². The molecule has 0 aromatic carbocycles. The molecule has 0 radical (unpaired) electrons. The SMILES string of the molecule is CCCn1cc(S(=O)(=O)NC(C)C#N)nc1C. The summed E-state index contributed by atoms with van der Waals surface area (Å²) < 4.78 is 27.7. The molecule has 1 aromatic heterocycles. The van der Waals surface area contributed by atoms with E-state index < -0.39 is 16.1 Å². The van der Waals surface area contributed by atoms with Crippen LogP contribution in [0.15, 0.2) is 11.2 Å². The summed E-state index contributed by atoms with van der Waals surface area (Å²) in [7, 11) is -3.70. The van der Waals surface area contributed by atoms with Crippen LogP contribution in [0, 0.1) is 18.3 Å². The molecular formula is C10H16N4O2S. The van der Waals surface area contributed by atoms with Gasteiger partial charge in [-0.05, 0) is 20.3 Å². The maximum atomic E-state index is 11.8. The fourth-order valence-corrected chi connectivity index (χ4v) is 2.55. The number of rotatable bonds is 5. The largest absolute Gasteiger partial charge is 0.334 e. The summed E-state index contributed by atoms with van der Waals surface area (Å²) in [5, 5.41) is 8.55. The van der Waals surface area contributed by atoms with E-state index in [1.165, 1.54) is 13.1 Å². The number of aromatic nitrogens is 2. The topological polar surface area (TPSA) is 87.8 Å². The van der Waals surface area contributed by atoms with E-state index in [1.807, 2.05) is 13.0 Å². The quantitative estimate of drug-likeness (QED) is 0.843. The summed E-state index contributed by atoms with van der Waals surface area (Å²) in [5.41, 5.74) is 0. The summed E-state index contributed by atoms with van der Waals surface area (Å²) in [6.07, 6.45) is 2.39. The number of aryl methyl sites for hydroxylation is 2. The van der Waals surface area contributed by atoms with Gasteiger partial charge in [-0.3, -0.25) is 0 Å². The molecule has 0 spiro atoms. The third kappa shape index (κ3) is 3.28. The van der Waals surface area contributed by atoms with Crippen LogP contribution in [0.2, 0.25) is 0 Å². The lowest BCUT2D eigenvalue weighted by molar-refractivity contribution is 0.573. The number of hydrogen-bond acceptors (Lipinski definition) is 4. The Balaban J connectivity index is 3.00. The molecule has 6 nitrogen and oxygen atoms in total. The second-order valence-electron chi connectivity index (χ2n) is 3.79. The molecule has 0 aliphatic rings. The van der Waals surface area contributed by atoms with E-state index in [0.717, 1.165) is 13.0 Å². The van der Waals surface area contributed by atoms with Gasteiger partial charge >= 0.3 is 0 Å². The maximum absolute atomic E-state index is 11.8. The van der Waals surface area contributed by atoms with Crippen molar-refractivity contribution in [3.05, 3.63) is 12.0 Å². The predicted molar refractivity (Wildman–Crippen MR) is 62.7 cm³/mol. The van der Waals surface area contributed by atoms with Crippen LogP contribution >= 0.6 is 0 Å². The van der Waals surface area contributed by atoms with E-state index in [9.17, 15) is 8.42 Å². The Kier molecular flexibility index (Phi) is 4.26. The summed E-state index contributed by atoms with van der Waals surface area (Å²) >= 11 is 0. The van der Waals surface area contributed by atoms with Gasteiger partial charge in [0.1, 0.15) is 11.9 Å². The van der Waals surface area contributed by atoms with E-state index in [0.29, 0.717) is 5.82 Å². The first-order chi connectivity index (χ1) is 7.90. The molecule has 1 heterocycles. The second kappa shape index (κ2) is 5.29. The van der Waals surface area contributed by atoms with Crippen LogP contribution in [0.1, 0.15) is 26.1 Å². The smallest absolute Gasteiger partial charge is 0.260 e. The van der Waals surface area contributed by atoms with Crippen molar-refractivity contribution in [1.82, 2.24) is 14.3 Å². The predicted octanol–water partition coefficient (Wildman–Crippen LogP) is 0.792. The molecule has 1 unspecified atom stereocenters. The summed E-state index contributed by atoms with van der Waals surface area (Å²) in [6, 6.07) is 1.05. The minimum absolute atomic E-state index is 0.0365. The highest BCUT2D eigenvalue weighted by Gasteiger charge is 2.21. The Morgan fingerprint density at radius 3 is 2.82 bits per heavy atom. The Morgan fingerprint density at radius 1 is 1.65 bits per heavy atom. The van der Waals surface area contributed by atoms with Crippen LogP contribution in [-0.2, 0) is 16.6 Å². The maximum Gasteiger partial charge on any atom is 0.260 e. The third-order valence-electron chi connectivity index (χ3n) is 2.22. The number of imidazole rings is 1. The lowest BCUT2D eigenvalue weighted by atomic mass is 10.4. The first-order valence-corrected chi connectivity index (χ1v) is 6.84. The second-order valence-corrected chi connectivity index (χ2v) is 5.45. The monoisotopic (exact) mass is 256 g/mol. The van der Waals surface area contributed by atoms with Gasteiger partial charge in [-0.25, -0.2) is 13.4 Å². The van der Waals surface area contributed by atoms with E-state index in [1.54, 1.807) is 11.5 Å². The van der Waals surface area contributed by atoms with Crippen molar-refractivity contribution in [1.29, 1.82) is 5.26 Å². The molecule has 7 heteroatoms. The number of nitriles is 1. The van der Waals surface area contributed by atoms with Crippen LogP contribution in [0.4, 0.5) is 0 Å². The van der Waals surface area contributed by atoms with Crippen molar-refractivity contribution in [3.63, 3.8) is 0 Å². The van der Waals surface area contributed by atoms with E-state index in [2.05, 4.69) is 9.71 Å². The zero-order valence-electron chi connectivity index (χ0n) is 10.1. The molecule has 0 bridgehead atoms. The third-order valence-corrected chi connectivity index (χ3v) is 3.63. The van der Waals surface area contributed by atoms with Crippen LogP contribution < -0.4 is 4.72 Å². The molecule has 0 aliphatic carbocycles. The van der Waals surface area contributed by atoms with Gasteiger partial charge in [-0.1, -0.05) is 6.92 Å². The molecule has 0 fully saturated rings. The Morgan fingerprint density at radius 2 is 2.29 bits per heavy atom. The lowest BCUT2D eigenvalue weighted by Gasteiger charge is -2.04. The molecule has 0 amide bonds. The molecule has 1 rings (SSSR count). The highest BCUT2D eigenvalue weighted by molar-refractivity contribution is 7.89. The van der Waals surface area contributed by atoms with Gasteiger partial charge in [0.25, 0.3) is 10.0 Å². The number of nitrogens with one attached hydrogen (secondary N) is 1. The highest BCUT2D eigenvalue weighted by atomic mass is 32.2. The van der Waals surface area contributed by atoms with Gasteiger partial charge < -0.3 is 4.57 Å². The van der Waals surface area contributed by atoms with Crippen LogP contribution in [0.25, 0.3) is 0 Å². The zero-order chi connectivity index (χ0) is 13.1. The van der Waals surface area contributed by atoms with E-state index in [4.69, 9.17) is 5.26 Å². The molecule has 1 aromatic rings. The van der Waals surface area contributed by atoms with Crippen LogP contribution in [-0.4, -0.2) is 24.0 Å². The fraction of sp³-hybridized carbons (Fsp3) is 0.600. The molecule has 17 heavy (non-hydrogen) atoms. The number of nitrogens with zero attached hydrogens (tertiary/aromatic N) is 3. The molecule has 1 N–H and O–H groups in total. The minimum Gasteiger partial charge on any atom is -0.334 e. The number of sulfonamides is 1. The molecule has 1 atom stereocenters. The van der Waals surface area contributed by atoms with Gasteiger partial charge in [0.15, 0.2) is 5.03 Å². The average Bonchev–Trinajstić information content (AvgIpc) is 2.61. The standard InChI is InChI=1S/C10H16N4O2S/c1-4-5-14-7-10(12-9(14)3)17(15,16)13-8(2)6-11/h7-8,13H,4-5H2,1-3H3. The van der Waals surface area contributed by atoms with Crippen molar-refractivity contribution in [2.75, 3.05) is 0 Å². The number of hydrogen-bond donors (Lipinski definition) is 1. The summed E-state index contributed by atoms with van der Waals surface area (Å²) in [4.78, 5) is 3.99. The molecule has 0 aliphatic heterocycles. The lowest BCUT2D eigenvalue weighted by Crippen LogP contribution is -2.31. The van der Waals surface area contributed by atoms with Crippen molar-refractivity contribution in [3.8, 4) is 6.07 Å². The Hall–Kier alpha value is -1.39. The molecule has 94 valence electrons. The van der Waals surface area contributed by atoms with Gasteiger partial charge in [-0.2, -0.15) is 9.98 Å². The van der Waals surface area contributed by atoms with Gasteiger partial charge in [0.2, 0.25) is 0 Å². The summed E-state index contributed by atoms with van der Waals surface area (Å²) in [5.74, 6) is 0.650. The molecule has 0 saturated heterocycles. The van der Waals surface area contributed by atoms with Crippen LogP contribution in [0.3, 0.4) is 0 Å². The Labute approximate surface area is 101 Å². The van der Waals surface area contributed by atoms with Crippen molar-refractivity contribution < 1.29 is 8.42 Å². The van der Waals surface area contributed by atoms with E-state index in [-0.39, 0.29) is 5.03 Å². The zero-order valence-corrected chi connectivity index (χ0v) is 11.0. The molecule has 0 saturated carbocycles. The van der Waals surface area contributed by atoms with E-state index >= 15 is 0 Å². The van der Waals surface area contributed by atoms with Crippen molar-refractivity contribution >= 4 is 10.0 Å². The average molecular weight is 256 g/mol. The van der Waals surface area contributed by atoms with Gasteiger partial charge in [0, 0.05) is 12.7 Å². The van der Waals surface area contributed by atoms with Gasteiger partial charge in [0.05, 0.1) is 6.07 Å². The normalized spacial score (nSPS) is 13.3. The molecular weight excluding hydrogens is 240 g/mol. The van der Waals surface area contributed by atoms with Crippen LogP contribution in [0.5, 0.6) is 0 Å². The Bertz CT molecular complexity index is 527. The highest BCUT2D eigenvalue weighted by Crippen LogP contribution is 2.10. The minimum atomic E-state index is -3.70.